The van der Waals surface area contributed by atoms with Crippen LogP contribution in [-0.4, -0.2) is 14.2 Å². The van der Waals surface area contributed by atoms with Crippen molar-refractivity contribution >= 4 is 5.57 Å². The number of allylic oxidation sites excluding steroid dienone is 1. The molecule has 2 nitrogen and oxygen atoms in total. The topological polar surface area (TPSA) is 18.5 Å². The predicted octanol–water partition coefficient (Wildman–Crippen LogP) is 8.24. The zero-order valence-corrected chi connectivity index (χ0v) is 21.2. The van der Waals surface area contributed by atoms with Crippen molar-refractivity contribution in [2.24, 2.45) is 0 Å². The highest BCUT2D eigenvalue weighted by atomic mass is 16.5. The van der Waals surface area contributed by atoms with Gasteiger partial charge in [0.1, 0.15) is 11.5 Å². The molecule has 0 heterocycles. The molecule has 6 rings (SSSR count). The SMILES string of the molecule is COc1ccc(C2=CCCc3ccccc32)cc1.COc1ccc(C2CCCc3ccccc32)cc1. The minimum Gasteiger partial charge on any atom is -0.497 e. The Kier molecular flexibility index (Phi) is 7.52. The number of fused-ring (bicyclic) bond motifs is 2. The van der Waals surface area contributed by atoms with E-state index >= 15 is 0 Å². The van der Waals surface area contributed by atoms with E-state index in [-0.39, 0.29) is 0 Å². The molecule has 1 unspecified atom stereocenters. The molecule has 4 aromatic rings. The molecular weight excluding hydrogens is 440 g/mol. The third-order valence-electron chi connectivity index (χ3n) is 7.36. The van der Waals surface area contributed by atoms with E-state index < -0.39 is 0 Å². The first-order valence-electron chi connectivity index (χ1n) is 12.9. The summed E-state index contributed by atoms with van der Waals surface area (Å²) in [4.78, 5) is 0. The van der Waals surface area contributed by atoms with E-state index in [1.807, 2.05) is 12.1 Å². The summed E-state index contributed by atoms with van der Waals surface area (Å²) < 4.78 is 10.4. The summed E-state index contributed by atoms with van der Waals surface area (Å²) in [5.74, 6) is 2.40. The van der Waals surface area contributed by atoms with Crippen LogP contribution >= 0.6 is 0 Å². The molecule has 0 radical (unpaired) electrons. The average Bonchev–Trinajstić information content (AvgIpc) is 2.97. The van der Waals surface area contributed by atoms with E-state index in [0.717, 1.165) is 24.3 Å². The van der Waals surface area contributed by atoms with Gasteiger partial charge in [-0.15, -0.1) is 0 Å². The van der Waals surface area contributed by atoms with Gasteiger partial charge in [-0.2, -0.15) is 0 Å². The highest BCUT2D eigenvalue weighted by Crippen LogP contribution is 2.37. The third kappa shape index (κ3) is 5.23. The summed E-state index contributed by atoms with van der Waals surface area (Å²) in [5, 5.41) is 0. The number of hydrogen-bond acceptors (Lipinski definition) is 2. The van der Waals surface area contributed by atoms with Crippen molar-refractivity contribution in [1.82, 2.24) is 0 Å². The van der Waals surface area contributed by atoms with Crippen LogP contribution in [0.2, 0.25) is 0 Å². The fraction of sp³-hybridized carbons (Fsp3) is 0.235. The summed E-state index contributed by atoms with van der Waals surface area (Å²) in [6.45, 7) is 0. The van der Waals surface area contributed by atoms with Gasteiger partial charge in [-0.05, 0) is 95.3 Å². The Bertz CT molecular complexity index is 1320. The summed E-state index contributed by atoms with van der Waals surface area (Å²) in [6, 6.07) is 34.4. The van der Waals surface area contributed by atoms with Gasteiger partial charge < -0.3 is 9.47 Å². The lowest BCUT2D eigenvalue weighted by Crippen LogP contribution is -2.10. The van der Waals surface area contributed by atoms with Crippen LogP contribution < -0.4 is 9.47 Å². The molecule has 2 heteroatoms. The quantitative estimate of drug-likeness (QED) is 0.296. The van der Waals surface area contributed by atoms with Gasteiger partial charge in [-0.1, -0.05) is 78.9 Å². The Morgan fingerprint density at radius 1 is 0.639 bits per heavy atom. The number of methoxy groups -OCH3 is 2. The summed E-state index contributed by atoms with van der Waals surface area (Å²) in [5.41, 5.74) is 9.86. The maximum atomic E-state index is 5.23. The van der Waals surface area contributed by atoms with Crippen LogP contribution in [0.1, 0.15) is 58.6 Å². The van der Waals surface area contributed by atoms with E-state index in [2.05, 4.69) is 91.0 Å². The smallest absolute Gasteiger partial charge is 0.118 e. The maximum Gasteiger partial charge on any atom is 0.118 e. The summed E-state index contributed by atoms with van der Waals surface area (Å²) in [6.07, 6.45) is 8.37. The van der Waals surface area contributed by atoms with Crippen LogP contribution in [0.5, 0.6) is 11.5 Å². The monoisotopic (exact) mass is 474 g/mol. The van der Waals surface area contributed by atoms with Crippen LogP contribution in [0, 0.1) is 0 Å². The van der Waals surface area contributed by atoms with E-state index in [0.29, 0.717) is 5.92 Å². The Labute approximate surface area is 215 Å². The van der Waals surface area contributed by atoms with Crippen molar-refractivity contribution in [3.05, 3.63) is 137 Å². The molecule has 182 valence electrons. The summed E-state index contributed by atoms with van der Waals surface area (Å²) in [7, 11) is 3.41. The molecule has 0 aromatic heterocycles. The fourth-order valence-corrected chi connectivity index (χ4v) is 5.46. The highest BCUT2D eigenvalue weighted by Gasteiger charge is 2.21. The Morgan fingerprint density at radius 2 is 1.28 bits per heavy atom. The number of aryl methyl sites for hydroxylation is 2. The van der Waals surface area contributed by atoms with Gasteiger partial charge in [0, 0.05) is 5.92 Å². The van der Waals surface area contributed by atoms with E-state index in [9.17, 15) is 0 Å². The minimum atomic E-state index is 0.556. The lowest BCUT2D eigenvalue weighted by molar-refractivity contribution is 0.414. The maximum absolute atomic E-state index is 5.23. The van der Waals surface area contributed by atoms with Crippen molar-refractivity contribution in [1.29, 1.82) is 0 Å². The van der Waals surface area contributed by atoms with Crippen molar-refractivity contribution < 1.29 is 9.47 Å². The fourth-order valence-electron chi connectivity index (χ4n) is 5.46. The molecule has 0 aliphatic heterocycles. The second kappa shape index (κ2) is 11.3. The second-order valence-electron chi connectivity index (χ2n) is 9.46. The highest BCUT2D eigenvalue weighted by molar-refractivity contribution is 5.82. The molecular formula is C34H34O2. The molecule has 0 saturated heterocycles. The van der Waals surface area contributed by atoms with Crippen molar-refractivity contribution in [2.45, 2.75) is 38.0 Å². The average molecular weight is 475 g/mol. The predicted molar refractivity (Wildman–Crippen MR) is 149 cm³/mol. The van der Waals surface area contributed by atoms with Gasteiger partial charge in [-0.25, -0.2) is 0 Å². The first-order valence-corrected chi connectivity index (χ1v) is 12.9. The molecule has 0 spiro atoms. The molecule has 36 heavy (non-hydrogen) atoms. The van der Waals surface area contributed by atoms with Gasteiger partial charge in [-0.3, -0.25) is 0 Å². The Hall–Kier alpha value is -3.78. The lowest BCUT2D eigenvalue weighted by Gasteiger charge is -2.26. The largest absolute Gasteiger partial charge is 0.497 e. The van der Waals surface area contributed by atoms with Crippen LogP contribution in [0.4, 0.5) is 0 Å². The molecule has 2 aliphatic carbocycles. The molecule has 0 amide bonds. The van der Waals surface area contributed by atoms with E-state index in [4.69, 9.17) is 9.47 Å². The van der Waals surface area contributed by atoms with Crippen molar-refractivity contribution in [3.8, 4) is 11.5 Å². The lowest BCUT2D eigenvalue weighted by atomic mass is 9.79. The minimum absolute atomic E-state index is 0.556. The number of benzene rings is 4. The van der Waals surface area contributed by atoms with Gasteiger partial charge >= 0.3 is 0 Å². The Morgan fingerprint density at radius 3 is 2.00 bits per heavy atom. The third-order valence-corrected chi connectivity index (χ3v) is 7.36. The summed E-state index contributed by atoms with van der Waals surface area (Å²) >= 11 is 0. The van der Waals surface area contributed by atoms with Gasteiger partial charge in [0.15, 0.2) is 0 Å². The second-order valence-corrected chi connectivity index (χ2v) is 9.46. The molecule has 0 N–H and O–H groups in total. The van der Waals surface area contributed by atoms with Crippen LogP contribution in [0.3, 0.4) is 0 Å². The van der Waals surface area contributed by atoms with Gasteiger partial charge in [0.05, 0.1) is 14.2 Å². The van der Waals surface area contributed by atoms with Crippen LogP contribution in [0.15, 0.2) is 103 Å². The van der Waals surface area contributed by atoms with Crippen LogP contribution in [-0.2, 0) is 12.8 Å². The zero-order valence-electron chi connectivity index (χ0n) is 21.2. The normalized spacial score (nSPS) is 15.9. The van der Waals surface area contributed by atoms with Crippen LogP contribution in [0.25, 0.3) is 5.57 Å². The number of ether oxygens (including phenoxy) is 2. The molecule has 0 bridgehead atoms. The zero-order chi connectivity index (χ0) is 24.7. The first-order chi connectivity index (χ1) is 17.8. The molecule has 4 aromatic carbocycles. The number of hydrogen-bond donors (Lipinski definition) is 0. The molecule has 0 fully saturated rings. The molecule has 0 saturated carbocycles. The van der Waals surface area contributed by atoms with Crippen molar-refractivity contribution in [2.75, 3.05) is 14.2 Å². The first kappa shape index (κ1) is 23.9. The number of rotatable bonds is 4. The standard InChI is InChI=1S/C17H18O.C17H16O/c2*1-18-15-11-9-14(10-12-15)17-8-4-6-13-5-2-3-7-16(13)17/h2-3,5,7,9-12,17H,4,6,8H2,1H3;2-3,5,7-12H,4,6H2,1H3. The van der Waals surface area contributed by atoms with Gasteiger partial charge in [0.25, 0.3) is 0 Å². The van der Waals surface area contributed by atoms with Crippen molar-refractivity contribution in [3.63, 3.8) is 0 Å². The Balaban J connectivity index is 0.000000148. The molecule has 2 aliphatic rings. The molecule has 1 atom stereocenters. The van der Waals surface area contributed by atoms with E-state index in [1.54, 1.807) is 14.2 Å². The van der Waals surface area contributed by atoms with Gasteiger partial charge in [0.2, 0.25) is 0 Å². The van der Waals surface area contributed by atoms with E-state index in [1.165, 1.54) is 58.2 Å².